The molecule has 2 rings (SSSR count). The molecule has 1 unspecified atom stereocenters. The van der Waals surface area contributed by atoms with Gasteiger partial charge in [-0.25, -0.2) is 4.39 Å². The van der Waals surface area contributed by atoms with Gasteiger partial charge < -0.3 is 9.64 Å². The van der Waals surface area contributed by atoms with Gasteiger partial charge in [0, 0.05) is 12.0 Å². The summed E-state index contributed by atoms with van der Waals surface area (Å²) in [5.74, 6) is -1.03. The fourth-order valence-electron chi connectivity index (χ4n) is 3.19. The van der Waals surface area contributed by atoms with Crippen LogP contribution < -0.4 is 0 Å². The van der Waals surface area contributed by atoms with Crippen LogP contribution in [0.15, 0.2) is 24.3 Å². The van der Waals surface area contributed by atoms with Crippen LogP contribution >= 0.6 is 12.2 Å². The molecular weight excluding hydrogens is 377 g/mol. The van der Waals surface area contributed by atoms with E-state index in [-0.39, 0.29) is 17.6 Å². The number of nitrogens with zero attached hydrogens (tertiary/aromatic N) is 1. The standard InChI is InChI=1S/C22H30FNO3S/c1-4-22(2,3)19(25)20(26)24-14-7-9-18(24)21(28)27-15-6-5-8-16-10-12-17(23)13-11-16/h10-13,18H,4-9,14-15H2,1-3H3. The normalized spacial score (nSPS) is 16.9. The molecule has 0 bridgehead atoms. The molecule has 1 aromatic carbocycles. The fourth-order valence-corrected chi connectivity index (χ4v) is 3.51. The molecule has 1 atom stereocenters. The van der Waals surface area contributed by atoms with Gasteiger partial charge in [-0.3, -0.25) is 9.59 Å². The van der Waals surface area contributed by atoms with Crippen LogP contribution in [-0.2, 0) is 20.7 Å². The molecule has 0 radical (unpaired) electrons. The summed E-state index contributed by atoms with van der Waals surface area (Å²) in [5.41, 5.74) is 0.432. The van der Waals surface area contributed by atoms with E-state index in [9.17, 15) is 14.0 Å². The van der Waals surface area contributed by atoms with E-state index >= 15 is 0 Å². The molecule has 1 aliphatic heterocycles. The summed E-state index contributed by atoms with van der Waals surface area (Å²) in [6, 6.07) is 6.22. The first-order chi connectivity index (χ1) is 13.3. The van der Waals surface area contributed by atoms with Gasteiger partial charge in [0.2, 0.25) is 5.78 Å². The van der Waals surface area contributed by atoms with Gasteiger partial charge in [0.1, 0.15) is 11.9 Å². The Kier molecular flexibility index (Phi) is 8.10. The third-order valence-corrected chi connectivity index (χ3v) is 5.89. The first kappa shape index (κ1) is 22.5. The Balaban J connectivity index is 1.78. The molecule has 1 fully saturated rings. The average molecular weight is 408 g/mol. The second-order valence-corrected chi connectivity index (χ2v) is 8.38. The molecule has 0 spiro atoms. The number of halogens is 1. The van der Waals surface area contributed by atoms with Crippen LogP contribution in [-0.4, -0.2) is 40.8 Å². The highest BCUT2D eigenvalue weighted by Crippen LogP contribution is 2.26. The van der Waals surface area contributed by atoms with E-state index in [0.29, 0.717) is 24.6 Å². The zero-order valence-electron chi connectivity index (χ0n) is 17.0. The lowest BCUT2D eigenvalue weighted by atomic mass is 9.84. The van der Waals surface area contributed by atoms with Gasteiger partial charge >= 0.3 is 0 Å². The van der Waals surface area contributed by atoms with Crippen molar-refractivity contribution < 1.29 is 18.7 Å². The summed E-state index contributed by atoms with van der Waals surface area (Å²) in [5, 5.41) is 0.398. The molecule has 4 nitrogen and oxygen atoms in total. The van der Waals surface area contributed by atoms with Crippen molar-refractivity contribution in [3.8, 4) is 0 Å². The van der Waals surface area contributed by atoms with Crippen molar-refractivity contribution in [3.63, 3.8) is 0 Å². The zero-order chi connectivity index (χ0) is 20.7. The highest BCUT2D eigenvalue weighted by atomic mass is 32.1. The van der Waals surface area contributed by atoms with E-state index in [0.717, 1.165) is 37.7 Å². The SMILES string of the molecule is CCC(C)(C)C(=O)C(=O)N1CCCC1C(=S)OCCCCc1ccc(F)cc1. The Labute approximate surface area is 172 Å². The largest absolute Gasteiger partial charge is 0.485 e. The molecule has 6 heteroatoms. The second kappa shape index (κ2) is 10.1. The summed E-state index contributed by atoms with van der Waals surface area (Å²) in [6.45, 7) is 6.53. The van der Waals surface area contributed by atoms with E-state index in [2.05, 4.69) is 0 Å². The second-order valence-electron chi connectivity index (χ2n) is 7.97. The van der Waals surface area contributed by atoms with E-state index in [1.54, 1.807) is 30.9 Å². The molecule has 154 valence electrons. The number of benzene rings is 1. The van der Waals surface area contributed by atoms with Gasteiger partial charge in [-0.2, -0.15) is 0 Å². The predicted octanol–water partition coefficient (Wildman–Crippen LogP) is 4.49. The topological polar surface area (TPSA) is 46.6 Å². The summed E-state index contributed by atoms with van der Waals surface area (Å²) >= 11 is 5.41. The van der Waals surface area contributed by atoms with Gasteiger partial charge in [0.15, 0.2) is 5.05 Å². The summed E-state index contributed by atoms with van der Waals surface area (Å²) in [4.78, 5) is 26.7. The van der Waals surface area contributed by atoms with Crippen LogP contribution in [0, 0.1) is 11.2 Å². The first-order valence-corrected chi connectivity index (χ1v) is 10.4. The monoisotopic (exact) mass is 407 g/mol. The molecule has 1 aliphatic rings. The number of carbonyl (C=O) groups is 2. The summed E-state index contributed by atoms with van der Waals surface area (Å²) < 4.78 is 18.6. The Hall–Kier alpha value is -1.82. The summed E-state index contributed by atoms with van der Waals surface area (Å²) in [6.07, 6.45) is 4.76. The number of unbranched alkanes of at least 4 members (excludes halogenated alkanes) is 1. The Morgan fingerprint density at radius 1 is 1.25 bits per heavy atom. The molecule has 1 aromatic rings. The molecule has 1 amide bonds. The number of hydrogen-bond donors (Lipinski definition) is 0. The Morgan fingerprint density at radius 3 is 2.57 bits per heavy atom. The van der Waals surface area contributed by atoms with Gasteiger partial charge in [-0.1, -0.05) is 32.9 Å². The minimum absolute atomic E-state index is 0.228. The lowest BCUT2D eigenvalue weighted by molar-refractivity contribution is -0.149. The number of Topliss-reactive ketones (excluding diaryl/α,β-unsaturated/α-hetero) is 1. The van der Waals surface area contributed by atoms with Crippen molar-refractivity contribution in [3.05, 3.63) is 35.6 Å². The minimum Gasteiger partial charge on any atom is -0.485 e. The zero-order valence-corrected chi connectivity index (χ0v) is 17.8. The molecule has 1 saturated heterocycles. The maximum absolute atomic E-state index is 12.9. The number of rotatable bonds is 9. The number of amides is 1. The molecular formula is C22H30FNO3S. The molecule has 28 heavy (non-hydrogen) atoms. The molecule has 0 saturated carbocycles. The van der Waals surface area contributed by atoms with E-state index < -0.39 is 11.3 Å². The lowest BCUT2D eigenvalue weighted by Crippen LogP contribution is -2.47. The van der Waals surface area contributed by atoms with Gasteiger partial charge in [-0.05, 0) is 68.4 Å². The van der Waals surface area contributed by atoms with Crippen LogP contribution in [0.2, 0.25) is 0 Å². The highest BCUT2D eigenvalue weighted by molar-refractivity contribution is 7.80. The van der Waals surface area contributed by atoms with Crippen molar-refractivity contribution in [2.75, 3.05) is 13.2 Å². The smallest absolute Gasteiger partial charge is 0.291 e. The van der Waals surface area contributed by atoms with Gasteiger partial charge in [-0.15, -0.1) is 0 Å². The third-order valence-electron chi connectivity index (χ3n) is 5.50. The summed E-state index contributed by atoms with van der Waals surface area (Å²) in [7, 11) is 0. The lowest BCUT2D eigenvalue weighted by Gasteiger charge is -2.28. The fraction of sp³-hybridized carbons (Fsp3) is 0.591. The number of thiocarbonyl (C=S) groups is 1. The van der Waals surface area contributed by atoms with Crippen LogP contribution in [0.1, 0.15) is 58.4 Å². The van der Waals surface area contributed by atoms with Crippen molar-refractivity contribution in [1.29, 1.82) is 0 Å². The quantitative estimate of drug-likeness (QED) is 0.344. The van der Waals surface area contributed by atoms with E-state index in [1.807, 2.05) is 6.92 Å². The number of carbonyl (C=O) groups excluding carboxylic acids is 2. The number of likely N-dealkylation sites (tertiary alicyclic amines) is 1. The van der Waals surface area contributed by atoms with Crippen molar-refractivity contribution in [2.24, 2.45) is 5.41 Å². The van der Waals surface area contributed by atoms with Crippen molar-refractivity contribution >= 4 is 29.0 Å². The van der Waals surface area contributed by atoms with Crippen LogP contribution in [0.5, 0.6) is 0 Å². The Morgan fingerprint density at radius 2 is 1.93 bits per heavy atom. The number of aryl methyl sites for hydroxylation is 1. The van der Waals surface area contributed by atoms with Crippen LogP contribution in [0.25, 0.3) is 0 Å². The van der Waals surface area contributed by atoms with E-state index in [4.69, 9.17) is 17.0 Å². The van der Waals surface area contributed by atoms with Crippen LogP contribution in [0.4, 0.5) is 4.39 Å². The maximum atomic E-state index is 12.9. The van der Waals surface area contributed by atoms with E-state index in [1.165, 1.54) is 12.1 Å². The molecule has 0 aliphatic carbocycles. The number of hydrogen-bond acceptors (Lipinski definition) is 4. The average Bonchev–Trinajstić information content (AvgIpc) is 3.17. The predicted molar refractivity (Wildman–Crippen MR) is 112 cm³/mol. The number of ether oxygens (including phenoxy) is 1. The molecule has 1 heterocycles. The third kappa shape index (κ3) is 5.84. The first-order valence-electron chi connectivity index (χ1n) is 10.0. The van der Waals surface area contributed by atoms with Crippen LogP contribution in [0.3, 0.4) is 0 Å². The van der Waals surface area contributed by atoms with Crippen molar-refractivity contribution in [2.45, 2.75) is 65.3 Å². The Bertz CT molecular complexity index is 702. The maximum Gasteiger partial charge on any atom is 0.291 e. The number of ketones is 1. The minimum atomic E-state index is -0.660. The van der Waals surface area contributed by atoms with Gasteiger partial charge in [0.05, 0.1) is 6.61 Å². The molecule has 0 aromatic heterocycles. The highest BCUT2D eigenvalue weighted by Gasteiger charge is 2.40. The van der Waals surface area contributed by atoms with Crippen molar-refractivity contribution in [1.82, 2.24) is 4.90 Å². The van der Waals surface area contributed by atoms with Gasteiger partial charge in [0.25, 0.3) is 5.91 Å². The molecule has 0 N–H and O–H groups in total.